The summed E-state index contributed by atoms with van der Waals surface area (Å²) in [7, 11) is -3.60. The molecule has 33 heavy (non-hydrogen) atoms. The number of nitrogens with zero attached hydrogens (tertiary/aromatic N) is 5. The summed E-state index contributed by atoms with van der Waals surface area (Å²) >= 11 is 0. The van der Waals surface area contributed by atoms with Crippen LogP contribution < -0.4 is 5.43 Å². The van der Waals surface area contributed by atoms with E-state index in [0.29, 0.717) is 30.2 Å². The Bertz CT molecular complexity index is 1490. The van der Waals surface area contributed by atoms with Crippen LogP contribution in [0.2, 0.25) is 0 Å². The first-order valence-corrected chi connectivity index (χ1v) is 11.9. The molecule has 2 aromatic carbocycles. The zero-order valence-corrected chi connectivity index (χ0v) is 18.3. The van der Waals surface area contributed by atoms with E-state index < -0.39 is 15.8 Å². The van der Waals surface area contributed by atoms with Crippen LogP contribution in [0, 0.1) is 5.82 Å². The number of hydrogen-bond donors (Lipinski definition) is 0. The lowest BCUT2D eigenvalue weighted by molar-refractivity contribution is 0.477. The molecular weight excluding hydrogens is 445 g/mol. The molecule has 1 aliphatic rings. The van der Waals surface area contributed by atoms with Crippen molar-refractivity contribution in [3.63, 3.8) is 0 Å². The monoisotopic (exact) mass is 465 g/mol. The first-order valence-electron chi connectivity index (χ1n) is 10.4. The highest BCUT2D eigenvalue weighted by Crippen LogP contribution is 2.23. The van der Waals surface area contributed by atoms with Crippen LogP contribution in [0.1, 0.15) is 12.8 Å². The molecule has 10 heteroatoms. The first-order chi connectivity index (χ1) is 15.9. The maximum absolute atomic E-state index is 13.7. The van der Waals surface area contributed by atoms with Gasteiger partial charge in [0.1, 0.15) is 5.82 Å². The minimum Gasteiger partial charge on any atom is -0.287 e. The molecule has 0 saturated carbocycles. The molecule has 2 aromatic heterocycles. The van der Waals surface area contributed by atoms with Gasteiger partial charge < -0.3 is 0 Å². The van der Waals surface area contributed by atoms with Gasteiger partial charge in [-0.1, -0.05) is 12.1 Å². The number of sulfonamides is 1. The molecule has 4 aromatic rings. The van der Waals surface area contributed by atoms with Gasteiger partial charge in [-0.3, -0.25) is 4.79 Å². The standard InChI is InChI=1S/C23H20FN5O3S/c24-17-5-3-7-19(15-17)29-21(9-11-25-29)23-22(30)10-14-28(26-23)18-6-4-8-20(16-18)33(31,32)27-12-1-2-13-27/h3-11,14-16H,1-2,12-13H2. The quantitative estimate of drug-likeness (QED) is 0.452. The van der Waals surface area contributed by atoms with Crippen LogP contribution in [-0.4, -0.2) is 45.4 Å². The van der Waals surface area contributed by atoms with E-state index >= 15 is 0 Å². The lowest BCUT2D eigenvalue weighted by Crippen LogP contribution is -2.28. The molecule has 0 unspecified atom stereocenters. The van der Waals surface area contributed by atoms with E-state index in [1.807, 2.05) is 0 Å². The van der Waals surface area contributed by atoms with Crippen molar-refractivity contribution in [2.24, 2.45) is 0 Å². The summed E-state index contributed by atoms with van der Waals surface area (Å²) in [6.07, 6.45) is 4.68. The van der Waals surface area contributed by atoms with E-state index in [4.69, 9.17) is 0 Å². The van der Waals surface area contributed by atoms with Gasteiger partial charge in [0.2, 0.25) is 15.5 Å². The summed E-state index contributed by atoms with van der Waals surface area (Å²) in [5.41, 5.74) is 1.09. The topological polar surface area (TPSA) is 90.1 Å². The van der Waals surface area contributed by atoms with Gasteiger partial charge in [-0.2, -0.15) is 14.5 Å². The summed E-state index contributed by atoms with van der Waals surface area (Å²) in [6.45, 7) is 1.02. The van der Waals surface area contributed by atoms with Crippen molar-refractivity contribution < 1.29 is 12.8 Å². The summed E-state index contributed by atoms with van der Waals surface area (Å²) in [5, 5.41) is 8.67. The molecule has 8 nitrogen and oxygen atoms in total. The Labute approximate surface area is 189 Å². The average molecular weight is 466 g/mol. The number of halogens is 1. The summed E-state index contributed by atoms with van der Waals surface area (Å²) in [4.78, 5) is 12.8. The molecular formula is C23H20FN5O3S. The molecule has 5 rings (SSSR count). The van der Waals surface area contributed by atoms with Crippen LogP contribution >= 0.6 is 0 Å². The lowest BCUT2D eigenvalue weighted by atomic mass is 10.2. The van der Waals surface area contributed by atoms with Crippen LogP contribution in [-0.2, 0) is 10.0 Å². The molecule has 0 atom stereocenters. The van der Waals surface area contributed by atoms with Gasteiger partial charge in [0.15, 0.2) is 5.69 Å². The molecule has 0 radical (unpaired) electrons. The fraction of sp³-hybridized carbons (Fsp3) is 0.174. The Morgan fingerprint density at radius 1 is 0.909 bits per heavy atom. The van der Waals surface area contributed by atoms with Gasteiger partial charge >= 0.3 is 0 Å². The third-order valence-corrected chi connectivity index (χ3v) is 7.43. The molecule has 1 aliphatic heterocycles. The molecule has 168 valence electrons. The highest BCUT2D eigenvalue weighted by molar-refractivity contribution is 7.89. The van der Waals surface area contributed by atoms with Gasteiger partial charge in [0.25, 0.3) is 0 Å². The van der Waals surface area contributed by atoms with Crippen molar-refractivity contribution in [1.29, 1.82) is 0 Å². The van der Waals surface area contributed by atoms with E-state index in [-0.39, 0.29) is 16.0 Å². The maximum atomic E-state index is 13.7. The first kappa shape index (κ1) is 21.2. The second kappa shape index (κ2) is 8.38. The fourth-order valence-electron chi connectivity index (χ4n) is 3.89. The number of rotatable bonds is 5. The molecule has 0 N–H and O–H groups in total. The maximum Gasteiger partial charge on any atom is 0.243 e. The normalized spacial score (nSPS) is 14.6. The molecule has 0 amide bonds. The predicted octanol–water partition coefficient (Wildman–Crippen LogP) is 3.01. The van der Waals surface area contributed by atoms with E-state index in [1.54, 1.807) is 42.5 Å². The van der Waals surface area contributed by atoms with E-state index in [2.05, 4.69) is 10.2 Å². The lowest BCUT2D eigenvalue weighted by Gasteiger charge is -2.16. The molecule has 1 fully saturated rings. The van der Waals surface area contributed by atoms with Crippen molar-refractivity contribution in [3.8, 4) is 22.8 Å². The van der Waals surface area contributed by atoms with Gasteiger partial charge in [0, 0.05) is 25.4 Å². The molecule has 0 aliphatic carbocycles. The Balaban J connectivity index is 1.57. The molecule has 0 spiro atoms. The van der Waals surface area contributed by atoms with Gasteiger partial charge in [-0.05, 0) is 55.3 Å². The average Bonchev–Trinajstić information content (AvgIpc) is 3.52. The van der Waals surface area contributed by atoms with Crippen LogP contribution in [0.25, 0.3) is 22.8 Å². The van der Waals surface area contributed by atoms with Crippen LogP contribution in [0.3, 0.4) is 0 Å². The zero-order chi connectivity index (χ0) is 23.0. The van der Waals surface area contributed by atoms with E-state index in [9.17, 15) is 17.6 Å². The minimum absolute atomic E-state index is 0.104. The summed E-state index contributed by atoms with van der Waals surface area (Å²) < 4.78 is 44.0. The van der Waals surface area contributed by atoms with Gasteiger partial charge in [-0.15, -0.1) is 0 Å². The number of hydrogen-bond acceptors (Lipinski definition) is 5. The second-order valence-electron chi connectivity index (χ2n) is 7.69. The Morgan fingerprint density at radius 3 is 2.45 bits per heavy atom. The molecule has 3 heterocycles. The number of benzene rings is 2. The van der Waals surface area contributed by atoms with Crippen LogP contribution in [0.15, 0.2) is 82.7 Å². The fourth-order valence-corrected chi connectivity index (χ4v) is 5.45. The van der Waals surface area contributed by atoms with E-state index in [0.717, 1.165) is 12.8 Å². The summed E-state index contributed by atoms with van der Waals surface area (Å²) in [6, 6.07) is 15.3. The smallest absolute Gasteiger partial charge is 0.243 e. The Hall–Kier alpha value is -3.63. The van der Waals surface area contributed by atoms with Crippen molar-refractivity contribution >= 4 is 10.0 Å². The largest absolute Gasteiger partial charge is 0.287 e. The van der Waals surface area contributed by atoms with Crippen molar-refractivity contribution in [1.82, 2.24) is 23.9 Å². The Morgan fingerprint density at radius 2 is 1.67 bits per heavy atom. The predicted molar refractivity (Wildman–Crippen MR) is 120 cm³/mol. The highest BCUT2D eigenvalue weighted by atomic mass is 32.2. The third-order valence-electron chi connectivity index (χ3n) is 5.53. The van der Waals surface area contributed by atoms with Gasteiger partial charge in [-0.25, -0.2) is 22.2 Å². The van der Waals surface area contributed by atoms with Crippen molar-refractivity contribution in [2.45, 2.75) is 17.7 Å². The second-order valence-corrected chi connectivity index (χ2v) is 9.63. The van der Waals surface area contributed by atoms with Crippen LogP contribution in [0.4, 0.5) is 4.39 Å². The van der Waals surface area contributed by atoms with Crippen LogP contribution in [0.5, 0.6) is 0 Å². The molecule has 1 saturated heterocycles. The third kappa shape index (κ3) is 3.98. The van der Waals surface area contributed by atoms with Gasteiger partial charge in [0.05, 0.1) is 28.2 Å². The van der Waals surface area contributed by atoms with Crippen molar-refractivity contribution in [2.75, 3.05) is 13.1 Å². The van der Waals surface area contributed by atoms with E-state index in [1.165, 1.54) is 44.3 Å². The minimum atomic E-state index is -3.60. The Kier molecular flexibility index (Phi) is 5.39. The SMILES string of the molecule is O=c1ccn(-c2cccc(S(=O)(=O)N3CCCC3)c2)nc1-c1ccnn1-c1cccc(F)c1. The number of aromatic nitrogens is 4. The molecule has 0 bridgehead atoms. The van der Waals surface area contributed by atoms with Crippen molar-refractivity contribution in [3.05, 3.63) is 89.1 Å². The summed E-state index contributed by atoms with van der Waals surface area (Å²) in [5.74, 6) is -0.427. The highest BCUT2D eigenvalue weighted by Gasteiger charge is 2.27. The zero-order valence-electron chi connectivity index (χ0n) is 17.5.